The van der Waals surface area contributed by atoms with Crippen LogP contribution in [0.1, 0.15) is 11.6 Å². The molecule has 1 atom stereocenters. The third kappa shape index (κ3) is 3.80. The van der Waals surface area contributed by atoms with Crippen LogP contribution in [-0.4, -0.2) is 44.1 Å². The minimum Gasteiger partial charge on any atom is -0.447 e. The molecule has 2 aromatic rings. The van der Waals surface area contributed by atoms with Gasteiger partial charge in [0.1, 0.15) is 12.6 Å². The van der Waals surface area contributed by atoms with E-state index in [0.717, 1.165) is 5.56 Å². The minimum atomic E-state index is -0.401. The van der Waals surface area contributed by atoms with Crippen LogP contribution in [0.5, 0.6) is 0 Å². The Labute approximate surface area is 147 Å². The Morgan fingerprint density at radius 2 is 1.92 bits per heavy atom. The zero-order valence-electron chi connectivity index (χ0n) is 14.3. The molecule has 0 spiro atoms. The number of nitrogens with one attached hydrogen (secondary N) is 1. The van der Waals surface area contributed by atoms with E-state index in [9.17, 15) is 9.59 Å². The topological polar surface area (TPSA) is 61.9 Å². The Balaban J connectivity index is 1.79. The Bertz CT molecular complexity index is 762. The number of ether oxygens (including phenoxy) is 1. The summed E-state index contributed by atoms with van der Waals surface area (Å²) in [5.41, 5.74) is 2.27. The van der Waals surface area contributed by atoms with E-state index >= 15 is 0 Å². The number of rotatable bonds is 5. The molecule has 0 saturated carbocycles. The van der Waals surface area contributed by atoms with Crippen molar-refractivity contribution < 1.29 is 14.3 Å². The van der Waals surface area contributed by atoms with Gasteiger partial charge in [-0.2, -0.15) is 0 Å². The van der Waals surface area contributed by atoms with Crippen molar-refractivity contribution in [2.75, 3.05) is 37.5 Å². The highest BCUT2D eigenvalue weighted by atomic mass is 16.6. The number of likely N-dealkylation sites (N-methyl/N-ethyl adjacent to an activating group) is 1. The van der Waals surface area contributed by atoms with Gasteiger partial charge in [0, 0.05) is 11.4 Å². The first-order chi connectivity index (χ1) is 12.1. The molecule has 0 aliphatic carbocycles. The van der Waals surface area contributed by atoms with Crippen molar-refractivity contribution in [1.29, 1.82) is 0 Å². The maximum Gasteiger partial charge on any atom is 0.414 e. The van der Waals surface area contributed by atoms with E-state index in [1.807, 2.05) is 61.5 Å². The molecule has 2 aromatic carbocycles. The molecule has 25 heavy (non-hydrogen) atoms. The van der Waals surface area contributed by atoms with Gasteiger partial charge in [0.25, 0.3) is 0 Å². The molecule has 0 radical (unpaired) electrons. The van der Waals surface area contributed by atoms with Gasteiger partial charge >= 0.3 is 6.09 Å². The number of hydrogen-bond donors (Lipinski definition) is 1. The minimum absolute atomic E-state index is 0.127. The van der Waals surface area contributed by atoms with E-state index in [1.165, 1.54) is 0 Å². The molecule has 1 fully saturated rings. The lowest BCUT2D eigenvalue weighted by molar-refractivity contribution is -0.120. The van der Waals surface area contributed by atoms with Crippen molar-refractivity contribution in [2.24, 2.45) is 0 Å². The largest absolute Gasteiger partial charge is 0.447 e. The Morgan fingerprint density at radius 1 is 1.16 bits per heavy atom. The summed E-state index contributed by atoms with van der Waals surface area (Å²) in [5, 5.41) is 2.94. The molecule has 1 aliphatic heterocycles. The number of anilines is 2. The number of hydrogen-bond acceptors (Lipinski definition) is 4. The van der Waals surface area contributed by atoms with Crippen molar-refractivity contribution >= 4 is 23.4 Å². The van der Waals surface area contributed by atoms with E-state index in [4.69, 9.17) is 4.74 Å². The van der Waals surface area contributed by atoms with Crippen LogP contribution in [0.15, 0.2) is 54.6 Å². The summed E-state index contributed by atoms with van der Waals surface area (Å²) in [6.45, 7) is 0.896. The van der Waals surface area contributed by atoms with Crippen molar-refractivity contribution in [2.45, 2.75) is 6.04 Å². The van der Waals surface area contributed by atoms with Gasteiger partial charge in [-0.15, -0.1) is 0 Å². The van der Waals surface area contributed by atoms with Crippen LogP contribution in [0.4, 0.5) is 16.2 Å². The number of carbonyl (C=O) groups is 2. The molecule has 6 heteroatoms. The smallest absolute Gasteiger partial charge is 0.414 e. The van der Waals surface area contributed by atoms with Crippen LogP contribution >= 0.6 is 0 Å². The molecular weight excluding hydrogens is 318 g/mol. The normalized spacial score (nSPS) is 15.2. The molecule has 130 valence electrons. The molecule has 1 heterocycles. The third-order valence-electron chi connectivity index (χ3n) is 4.07. The van der Waals surface area contributed by atoms with Crippen LogP contribution in [-0.2, 0) is 9.53 Å². The average Bonchev–Trinajstić information content (AvgIpc) is 3.02. The van der Waals surface area contributed by atoms with Gasteiger partial charge < -0.3 is 10.1 Å². The first-order valence-electron chi connectivity index (χ1n) is 8.13. The highest BCUT2D eigenvalue weighted by Crippen LogP contribution is 2.24. The second kappa shape index (κ2) is 7.36. The Kier molecular flexibility index (Phi) is 5.00. The average molecular weight is 339 g/mol. The first kappa shape index (κ1) is 17.0. The van der Waals surface area contributed by atoms with Gasteiger partial charge in [-0.05, 0) is 37.9 Å². The van der Waals surface area contributed by atoms with Crippen LogP contribution in [0.2, 0.25) is 0 Å². The predicted molar refractivity (Wildman–Crippen MR) is 96.6 cm³/mol. The zero-order valence-corrected chi connectivity index (χ0v) is 14.3. The fourth-order valence-corrected chi connectivity index (χ4v) is 2.91. The second-order valence-electron chi connectivity index (χ2n) is 6.08. The molecule has 3 rings (SSSR count). The van der Waals surface area contributed by atoms with Gasteiger partial charge in [0.2, 0.25) is 5.91 Å². The van der Waals surface area contributed by atoms with Crippen molar-refractivity contribution in [3.8, 4) is 0 Å². The number of nitrogens with zero attached hydrogens (tertiary/aromatic N) is 2. The second-order valence-corrected chi connectivity index (χ2v) is 6.08. The van der Waals surface area contributed by atoms with Gasteiger partial charge in [0.15, 0.2) is 0 Å². The van der Waals surface area contributed by atoms with Crippen molar-refractivity contribution in [3.05, 3.63) is 60.2 Å². The van der Waals surface area contributed by atoms with E-state index in [1.54, 1.807) is 17.0 Å². The Hall–Kier alpha value is -2.86. The molecule has 2 amide bonds. The lowest BCUT2D eigenvalue weighted by atomic mass is 10.1. The maximum atomic E-state index is 12.8. The highest BCUT2D eigenvalue weighted by Gasteiger charge is 2.25. The summed E-state index contributed by atoms with van der Waals surface area (Å²) in [4.78, 5) is 27.9. The van der Waals surface area contributed by atoms with E-state index in [2.05, 4.69) is 5.32 Å². The molecule has 1 saturated heterocycles. The van der Waals surface area contributed by atoms with Crippen LogP contribution in [0.3, 0.4) is 0 Å². The quantitative estimate of drug-likeness (QED) is 0.910. The van der Waals surface area contributed by atoms with Crippen LogP contribution in [0.25, 0.3) is 0 Å². The molecular formula is C19H21N3O3. The molecule has 6 nitrogen and oxygen atoms in total. The summed E-state index contributed by atoms with van der Waals surface area (Å²) >= 11 is 0. The summed E-state index contributed by atoms with van der Waals surface area (Å²) < 4.78 is 4.96. The molecule has 1 aliphatic rings. The zero-order chi connectivity index (χ0) is 17.8. The lowest BCUT2D eigenvalue weighted by Gasteiger charge is -2.24. The fraction of sp³-hybridized carbons (Fsp3) is 0.263. The maximum absolute atomic E-state index is 12.8. The Morgan fingerprint density at radius 3 is 2.56 bits per heavy atom. The van der Waals surface area contributed by atoms with E-state index < -0.39 is 6.04 Å². The van der Waals surface area contributed by atoms with Crippen LogP contribution < -0.4 is 10.2 Å². The van der Waals surface area contributed by atoms with Gasteiger partial charge in [-0.3, -0.25) is 14.6 Å². The van der Waals surface area contributed by atoms with Gasteiger partial charge in [-0.1, -0.05) is 36.4 Å². The van der Waals surface area contributed by atoms with Crippen LogP contribution in [0, 0.1) is 0 Å². The van der Waals surface area contributed by atoms with Gasteiger partial charge in [-0.25, -0.2) is 4.79 Å². The summed E-state index contributed by atoms with van der Waals surface area (Å²) in [6.07, 6.45) is -0.362. The summed E-state index contributed by atoms with van der Waals surface area (Å²) in [5.74, 6) is -0.127. The fourth-order valence-electron chi connectivity index (χ4n) is 2.91. The summed E-state index contributed by atoms with van der Waals surface area (Å²) in [6, 6.07) is 16.4. The standard InChI is InChI=1S/C19H21N3O3/c1-21(2)17(14-7-4-3-5-8-14)18(23)20-15-9-6-10-16(13-15)22-11-12-25-19(22)24/h3-10,13,17H,11-12H2,1-2H3,(H,20,23). The van der Waals surface area contributed by atoms with Crippen molar-refractivity contribution in [3.63, 3.8) is 0 Å². The number of amides is 2. The highest BCUT2D eigenvalue weighted by molar-refractivity contribution is 5.97. The van der Waals surface area contributed by atoms with E-state index in [0.29, 0.717) is 24.5 Å². The lowest BCUT2D eigenvalue weighted by Crippen LogP contribution is -2.32. The molecule has 0 bridgehead atoms. The SMILES string of the molecule is CN(C)C(C(=O)Nc1cccc(N2CCOC2=O)c1)c1ccccc1. The van der Waals surface area contributed by atoms with Gasteiger partial charge in [0.05, 0.1) is 6.54 Å². The molecule has 0 aromatic heterocycles. The third-order valence-corrected chi connectivity index (χ3v) is 4.07. The first-order valence-corrected chi connectivity index (χ1v) is 8.13. The summed E-state index contributed by atoms with van der Waals surface area (Å²) in [7, 11) is 3.74. The van der Waals surface area contributed by atoms with Crippen molar-refractivity contribution in [1.82, 2.24) is 4.90 Å². The van der Waals surface area contributed by atoms with E-state index in [-0.39, 0.29) is 12.0 Å². The molecule has 1 unspecified atom stereocenters. The number of cyclic esters (lactones) is 1. The number of benzene rings is 2. The molecule has 1 N–H and O–H groups in total. The monoisotopic (exact) mass is 339 g/mol. The number of carbonyl (C=O) groups excluding carboxylic acids is 2. The predicted octanol–water partition coefficient (Wildman–Crippen LogP) is 2.88.